The van der Waals surface area contributed by atoms with Gasteiger partial charge >= 0.3 is 0 Å². The summed E-state index contributed by atoms with van der Waals surface area (Å²) in [6.07, 6.45) is 1.96. The highest BCUT2D eigenvalue weighted by atomic mass is 16.5. The Balaban J connectivity index is 3.55. The average Bonchev–Trinajstić information content (AvgIpc) is 2.15. The summed E-state index contributed by atoms with van der Waals surface area (Å²) in [4.78, 5) is 0. The van der Waals surface area contributed by atoms with Crippen molar-refractivity contribution >= 4 is 0 Å². The number of ether oxygens (including phenoxy) is 1. The van der Waals surface area contributed by atoms with Gasteiger partial charge < -0.3 is 15.2 Å². The molecule has 0 heterocycles. The van der Waals surface area contributed by atoms with Crippen LogP contribution in [0.15, 0.2) is 0 Å². The first-order valence-corrected chi connectivity index (χ1v) is 5.82. The zero-order chi connectivity index (χ0) is 11.7. The maximum absolute atomic E-state index is 8.78. The number of aliphatic hydroxyl groups is 1. The van der Waals surface area contributed by atoms with Crippen molar-refractivity contribution in [3.8, 4) is 0 Å². The van der Waals surface area contributed by atoms with Crippen LogP contribution in [0.5, 0.6) is 0 Å². The Morgan fingerprint density at radius 2 is 2.07 bits per heavy atom. The SMILES string of the molecule is COCC(C)CNCC(C)(C)CCCO. The second-order valence-electron chi connectivity index (χ2n) is 5.18. The quantitative estimate of drug-likeness (QED) is 0.617. The molecule has 0 saturated heterocycles. The first-order valence-electron chi connectivity index (χ1n) is 5.82. The summed E-state index contributed by atoms with van der Waals surface area (Å²) in [5.41, 5.74) is 0.273. The summed E-state index contributed by atoms with van der Waals surface area (Å²) in [7, 11) is 1.74. The molecule has 2 N–H and O–H groups in total. The summed E-state index contributed by atoms with van der Waals surface area (Å²) in [5.74, 6) is 0.559. The fraction of sp³-hybridized carbons (Fsp3) is 1.00. The molecule has 0 amide bonds. The zero-order valence-electron chi connectivity index (χ0n) is 10.7. The minimum Gasteiger partial charge on any atom is -0.396 e. The second kappa shape index (κ2) is 8.08. The molecule has 3 nitrogen and oxygen atoms in total. The standard InChI is InChI=1S/C12H27NO2/c1-11(9-15-4)8-13-10-12(2,3)6-5-7-14/h11,13-14H,5-10H2,1-4H3. The highest BCUT2D eigenvalue weighted by Crippen LogP contribution is 2.20. The van der Waals surface area contributed by atoms with Crippen LogP contribution in [0.2, 0.25) is 0 Å². The Hall–Kier alpha value is -0.120. The van der Waals surface area contributed by atoms with Gasteiger partial charge in [0.15, 0.2) is 0 Å². The maximum Gasteiger partial charge on any atom is 0.0499 e. The van der Waals surface area contributed by atoms with Crippen molar-refractivity contribution < 1.29 is 9.84 Å². The van der Waals surface area contributed by atoms with Gasteiger partial charge in [0.05, 0.1) is 0 Å². The lowest BCUT2D eigenvalue weighted by molar-refractivity contribution is 0.155. The number of aliphatic hydroxyl groups excluding tert-OH is 1. The predicted octanol–water partition coefficient (Wildman–Crippen LogP) is 1.66. The fourth-order valence-electron chi connectivity index (χ4n) is 1.65. The van der Waals surface area contributed by atoms with Gasteiger partial charge in [-0.2, -0.15) is 0 Å². The highest BCUT2D eigenvalue weighted by Gasteiger charge is 2.16. The van der Waals surface area contributed by atoms with Crippen LogP contribution in [0.1, 0.15) is 33.6 Å². The van der Waals surface area contributed by atoms with Crippen LogP contribution in [0.3, 0.4) is 0 Å². The van der Waals surface area contributed by atoms with Crippen molar-refractivity contribution in [1.29, 1.82) is 0 Å². The third kappa shape index (κ3) is 8.85. The molecular formula is C12H27NO2. The third-order valence-corrected chi connectivity index (χ3v) is 2.56. The largest absolute Gasteiger partial charge is 0.396 e. The molecule has 0 aliphatic heterocycles. The van der Waals surface area contributed by atoms with Crippen molar-refractivity contribution in [3.63, 3.8) is 0 Å². The van der Waals surface area contributed by atoms with Crippen LogP contribution >= 0.6 is 0 Å². The van der Waals surface area contributed by atoms with E-state index in [9.17, 15) is 0 Å². The molecule has 0 saturated carbocycles. The Kier molecular flexibility index (Phi) is 8.02. The van der Waals surface area contributed by atoms with Crippen molar-refractivity contribution in [2.75, 3.05) is 33.4 Å². The monoisotopic (exact) mass is 217 g/mol. The molecule has 0 aliphatic carbocycles. The van der Waals surface area contributed by atoms with Gasteiger partial charge in [0, 0.05) is 26.9 Å². The van der Waals surface area contributed by atoms with E-state index in [1.165, 1.54) is 0 Å². The van der Waals surface area contributed by atoms with E-state index in [1.54, 1.807) is 7.11 Å². The van der Waals surface area contributed by atoms with Crippen LogP contribution in [-0.2, 0) is 4.74 Å². The lowest BCUT2D eigenvalue weighted by Crippen LogP contribution is -2.33. The smallest absolute Gasteiger partial charge is 0.0499 e. The van der Waals surface area contributed by atoms with Gasteiger partial charge in [0.1, 0.15) is 0 Å². The average molecular weight is 217 g/mol. The molecule has 0 aromatic carbocycles. The Morgan fingerprint density at radius 3 is 2.60 bits per heavy atom. The molecule has 1 unspecified atom stereocenters. The molecule has 3 heteroatoms. The number of hydrogen-bond donors (Lipinski definition) is 2. The van der Waals surface area contributed by atoms with Crippen molar-refractivity contribution in [1.82, 2.24) is 5.32 Å². The van der Waals surface area contributed by atoms with E-state index >= 15 is 0 Å². The van der Waals surface area contributed by atoms with E-state index in [1.807, 2.05) is 0 Å². The Labute approximate surface area is 94.2 Å². The minimum atomic E-state index is 0.273. The van der Waals surface area contributed by atoms with Crippen LogP contribution < -0.4 is 5.32 Å². The normalized spacial score (nSPS) is 14.2. The molecule has 0 rings (SSSR count). The first-order chi connectivity index (χ1) is 7.02. The molecular weight excluding hydrogens is 190 g/mol. The summed E-state index contributed by atoms with van der Waals surface area (Å²) in [6, 6.07) is 0. The van der Waals surface area contributed by atoms with E-state index in [0.29, 0.717) is 12.5 Å². The number of methoxy groups -OCH3 is 1. The van der Waals surface area contributed by atoms with Gasteiger partial charge in [-0.3, -0.25) is 0 Å². The van der Waals surface area contributed by atoms with Crippen LogP contribution in [0.4, 0.5) is 0 Å². The van der Waals surface area contributed by atoms with E-state index in [0.717, 1.165) is 32.5 Å². The minimum absolute atomic E-state index is 0.273. The molecule has 0 spiro atoms. The lowest BCUT2D eigenvalue weighted by Gasteiger charge is -2.25. The zero-order valence-corrected chi connectivity index (χ0v) is 10.7. The molecule has 0 fully saturated rings. The third-order valence-electron chi connectivity index (χ3n) is 2.56. The lowest BCUT2D eigenvalue weighted by atomic mass is 9.88. The number of rotatable bonds is 9. The van der Waals surface area contributed by atoms with Gasteiger partial charge in [-0.25, -0.2) is 0 Å². The van der Waals surface area contributed by atoms with Crippen LogP contribution in [0, 0.1) is 11.3 Å². The summed E-state index contributed by atoms with van der Waals surface area (Å²) >= 11 is 0. The topological polar surface area (TPSA) is 41.5 Å². The van der Waals surface area contributed by atoms with E-state index < -0.39 is 0 Å². The van der Waals surface area contributed by atoms with Crippen molar-refractivity contribution in [2.45, 2.75) is 33.6 Å². The predicted molar refractivity (Wildman–Crippen MR) is 64.0 cm³/mol. The molecule has 0 aromatic heterocycles. The van der Waals surface area contributed by atoms with Crippen LogP contribution in [-0.4, -0.2) is 38.5 Å². The first kappa shape index (κ1) is 14.9. The number of hydrogen-bond acceptors (Lipinski definition) is 3. The van der Waals surface area contributed by atoms with Gasteiger partial charge in [0.25, 0.3) is 0 Å². The van der Waals surface area contributed by atoms with Gasteiger partial charge in [-0.1, -0.05) is 20.8 Å². The van der Waals surface area contributed by atoms with E-state index in [4.69, 9.17) is 9.84 Å². The molecule has 0 aliphatic rings. The second-order valence-corrected chi connectivity index (χ2v) is 5.18. The van der Waals surface area contributed by atoms with E-state index in [-0.39, 0.29) is 5.41 Å². The Morgan fingerprint density at radius 1 is 1.40 bits per heavy atom. The van der Waals surface area contributed by atoms with Gasteiger partial charge in [0.2, 0.25) is 0 Å². The van der Waals surface area contributed by atoms with Crippen LogP contribution in [0.25, 0.3) is 0 Å². The molecule has 15 heavy (non-hydrogen) atoms. The fourth-order valence-corrected chi connectivity index (χ4v) is 1.65. The molecule has 0 aromatic rings. The van der Waals surface area contributed by atoms with Gasteiger partial charge in [-0.05, 0) is 30.7 Å². The molecule has 1 atom stereocenters. The highest BCUT2D eigenvalue weighted by molar-refractivity contribution is 4.72. The summed E-state index contributed by atoms with van der Waals surface area (Å²) in [6.45, 7) is 9.75. The molecule has 0 radical (unpaired) electrons. The Bertz CT molecular complexity index is 149. The van der Waals surface area contributed by atoms with Gasteiger partial charge in [-0.15, -0.1) is 0 Å². The number of nitrogens with one attached hydrogen (secondary N) is 1. The molecule has 92 valence electrons. The summed E-state index contributed by atoms with van der Waals surface area (Å²) in [5, 5.41) is 12.2. The maximum atomic E-state index is 8.78. The van der Waals surface area contributed by atoms with Crippen molar-refractivity contribution in [2.24, 2.45) is 11.3 Å². The van der Waals surface area contributed by atoms with Crippen molar-refractivity contribution in [3.05, 3.63) is 0 Å². The summed E-state index contributed by atoms with van der Waals surface area (Å²) < 4.78 is 5.08. The van der Waals surface area contributed by atoms with E-state index in [2.05, 4.69) is 26.1 Å². The molecule has 0 bridgehead atoms.